The highest BCUT2D eigenvalue weighted by Gasteiger charge is 2.20. The van der Waals surface area contributed by atoms with Crippen molar-refractivity contribution in [2.75, 3.05) is 5.32 Å². The molecule has 5 rings (SSSR count). The average Bonchev–Trinajstić information content (AvgIpc) is 3.40. The fraction of sp³-hybridized carbons (Fsp3) is 0.194. The number of fused-ring (bicyclic) bond motifs is 1. The molecule has 0 unspecified atom stereocenters. The molecule has 10 heteroatoms. The van der Waals surface area contributed by atoms with Gasteiger partial charge in [0.05, 0.1) is 39.2 Å². The molecule has 0 atom stereocenters. The predicted octanol–water partition coefficient (Wildman–Crippen LogP) is 6.44. The number of benzene rings is 3. The summed E-state index contributed by atoms with van der Waals surface area (Å²) in [4.78, 5) is 17.2. The number of ether oxygens (including phenoxy) is 1. The Morgan fingerprint density at radius 1 is 1.02 bits per heavy atom. The first-order valence-electron chi connectivity index (χ1n) is 12.9. The number of hydrogen-bond donors (Lipinski definition) is 1. The third kappa shape index (κ3) is 5.97. The van der Waals surface area contributed by atoms with Crippen LogP contribution in [0.5, 0.6) is 11.5 Å². The van der Waals surface area contributed by atoms with Crippen molar-refractivity contribution >= 4 is 32.3 Å². The van der Waals surface area contributed by atoms with E-state index in [0.29, 0.717) is 27.7 Å². The van der Waals surface area contributed by atoms with Crippen LogP contribution >= 0.6 is 0 Å². The number of pyridine rings is 1. The standard InChI is InChI=1S/C31H29FN4O4S/c1-20-14-21(16-29(37)35-22-18-34-36(19-22)31(2,3)4)15-26(32)30(20)40-28-12-13-33-27-11-10-24(17-25(27)28)41(38,39)23-8-6-5-7-9-23/h5-15,17-19H,16H2,1-4H3,(H,35,37). The lowest BCUT2D eigenvalue weighted by Crippen LogP contribution is -2.22. The Morgan fingerprint density at radius 2 is 1.78 bits per heavy atom. The summed E-state index contributed by atoms with van der Waals surface area (Å²) in [7, 11) is -3.78. The number of carbonyl (C=O) groups is 1. The number of carbonyl (C=O) groups excluding carboxylic acids is 1. The lowest BCUT2D eigenvalue weighted by Gasteiger charge is -2.18. The van der Waals surface area contributed by atoms with Crippen LogP contribution in [0.3, 0.4) is 0 Å². The Morgan fingerprint density at radius 3 is 2.46 bits per heavy atom. The minimum absolute atomic E-state index is 0.0237. The van der Waals surface area contributed by atoms with Gasteiger partial charge < -0.3 is 10.1 Å². The predicted molar refractivity (Wildman–Crippen MR) is 154 cm³/mol. The van der Waals surface area contributed by atoms with E-state index in [4.69, 9.17) is 4.74 Å². The van der Waals surface area contributed by atoms with E-state index in [1.54, 1.807) is 60.4 Å². The zero-order valence-corrected chi connectivity index (χ0v) is 23.9. The molecule has 0 saturated carbocycles. The van der Waals surface area contributed by atoms with E-state index in [-0.39, 0.29) is 39.2 Å². The van der Waals surface area contributed by atoms with E-state index in [1.165, 1.54) is 36.5 Å². The fourth-order valence-electron chi connectivity index (χ4n) is 4.38. The van der Waals surface area contributed by atoms with Crippen LogP contribution in [0, 0.1) is 12.7 Å². The number of aromatic nitrogens is 3. The van der Waals surface area contributed by atoms with Gasteiger partial charge in [-0.05, 0) is 81.3 Å². The van der Waals surface area contributed by atoms with Gasteiger partial charge in [-0.25, -0.2) is 12.8 Å². The highest BCUT2D eigenvalue weighted by Crippen LogP contribution is 2.35. The van der Waals surface area contributed by atoms with Crippen molar-refractivity contribution in [1.29, 1.82) is 0 Å². The quantitative estimate of drug-likeness (QED) is 0.241. The maximum atomic E-state index is 15.3. The number of nitrogens with zero attached hydrogens (tertiary/aromatic N) is 3. The van der Waals surface area contributed by atoms with Gasteiger partial charge in [0.25, 0.3) is 0 Å². The molecule has 2 heterocycles. The molecule has 8 nitrogen and oxygen atoms in total. The summed E-state index contributed by atoms with van der Waals surface area (Å²) in [6, 6.07) is 17.2. The van der Waals surface area contributed by atoms with Crippen LogP contribution in [0.25, 0.3) is 10.9 Å². The van der Waals surface area contributed by atoms with Gasteiger partial charge in [-0.1, -0.05) is 24.3 Å². The molecular weight excluding hydrogens is 543 g/mol. The number of nitrogens with one attached hydrogen (secondary N) is 1. The van der Waals surface area contributed by atoms with Gasteiger partial charge in [-0.2, -0.15) is 5.10 Å². The van der Waals surface area contributed by atoms with E-state index in [9.17, 15) is 13.2 Å². The molecule has 2 aromatic heterocycles. The Balaban J connectivity index is 1.38. The molecule has 1 amide bonds. The third-order valence-electron chi connectivity index (χ3n) is 6.46. The Hall–Kier alpha value is -4.57. The highest BCUT2D eigenvalue weighted by molar-refractivity contribution is 7.91. The van der Waals surface area contributed by atoms with Gasteiger partial charge in [0.1, 0.15) is 5.75 Å². The number of amides is 1. The van der Waals surface area contributed by atoms with Gasteiger partial charge >= 0.3 is 0 Å². The van der Waals surface area contributed by atoms with E-state index >= 15 is 4.39 Å². The van der Waals surface area contributed by atoms with Gasteiger partial charge in [-0.15, -0.1) is 0 Å². The summed E-state index contributed by atoms with van der Waals surface area (Å²) >= 11 is 0. The maximum absolute atomic E-state index is 15.3. The van der Waals surface area contributed by atoms with Crippen molar-refractivity contribution < 1.29 is 22.3 Å². The molecule has 41 heavy (non-hydrogen) atoms. The molecule has 0 spiro atoms. The number of aryl methyl sites for hydroxylation is 1. The van der Waals surface area contributed by atoms with E-state index in [2.05, 4.69) is 15.4 Å². The molecule has 0 aliphatic heterocycles. The Kier molecular flexibility index (Phi) is 7.35. The lowest BCUT2D eigenvalue weighted by molar-refractivity contribution is -0.115. The second-order valence-corrected chi connectivity index (χ2v) is 12.6. The van der Waals surface area contributed by atoms with Gasteiger partial charge in [-0.3, -0.25) is 14.5 Å². The van der Waals surface area contributed by atoms with E-state index < -0.39 is 15.7 Å². The Bertz CT molecular complexity index is 1840. The molecule has 0 saturated heterocycles. The first kappa shape index (κ1) is 28.0. The summed E-state index contributed by atoms with van der Waals surface area (Å²) in [5, 5.41) is 7.48. The van der Waals surface area contributed by atoms with Crippen molar-refractivity contribution in [1.82, 2.24) is 14.8 Å². The minimum Gasteiger partial charge on any atom is -0.453 e. The summed E-state index contributed by atoms with van der Waals surface area (Å²) in [5.41, 5.74) is 1.78. The van der Waals surface area contributed by atoms with Crippen LogP contribution in [0.2, 0.25) is 0 Å². The first-order chi connectivity index (χ1) is 19.4. The molecule has 1 N–H and O–H groups in total. The molecule has 0 aliphatic carbocycles. The number of sulfone groups is 1. The number of hydrogen-bond acceptors (Lipinski definition) is 6. The molecule has 5 aromatic rings. The van der Waals surface area contributed by atoms with Crippen LogP contribution in [-0.4, -0.2) is 29.1 Å². The molecule has 0 bridgehead atoms. The minimum atomic E-state index is -3.78. The molecule has 0 fully saturated rings. The number of anilines is 1. The molecule has 0 aliphatic rings. The number of halogens is 1. The number of rotatable bonds is 7. The highest BCUT2D eigenvalue weighted by atomic mass is 32.2. The van der Waals surface area contributed by atoms with E-state index in [1.807, 2.05) is 20.8 Å². The summed E-state index contributed by atoms with van der Waals surface area (Å²) in [6.45, 7) is 7.69. The van der Waals surface area contributed by atoms with Crippen LogP contribution < -0.4 is 10.1 Å². The van der Waals surface area contributed by atoms with Crippen molar-refractivity contribution in [2.24, 2.45) is 0 Å². The summed E-state index contributed by atoms with van der Waals surface area (Å²) in [6.07, 6.45) is 4.78. The fourth-order valence-corrected chi connectivity index (χ4v) is 5.69. The van der Waals surface area contributed by atoms with Crippen LogP contribution in [0.4, 0.5) is 10.1 Å². The third-order valence-corrected chi connectivity index (χ3v) is 8.22. The summed E-state index contributed by atoms with van der Waals surface area (Å²) < 4.78 is 49.4. The van der Waals surface area contributed by atoms with Crippen molar-refractivity contribution in [3.63, 3.8) is 0 Å². The van der Waals surface area contributed by atoms with Crippen molar-refractivity contribution in [3.05, 3.63) is 102 Å². The second-order valence-electron chi connectivity index (χ2n) is 10.7. The first-order valence-corrected chi connectivity index (χ1v) is 14.4. The van der Waals surface area contributed by atoms with Gasteiger partial charge in [0, 0.05) is 17.8 Å². The molecule has 210 valence electrons. The van der Waals surface area contributed by atoms with Crippen molar-refractivity contribution in [2.45, 2.75) is 49.4 Å². The lowest BCUT2D eigenvalue weighted by atomic mass is 10.1. The van der Waals surface area contributed by atoms with Gasteiger partial charge in [0.2, 0.25) is 15.7 Å². The van der Waals surface area contributed by atoms with Gasteiger partial charge in [0.15, 0.2) is 11.6 Å². The Labute approximate surface area is 237 Å². The largest absolute Gasteiger partial charge is 0.453 e. The van der Waals surface area contributed by atoms with Crippen LogP contribution in [0.1, 0.15) is 31.9 Å². The second kappa shape index (κ2) is 10.8. The monoisotopic (exact) mass is 572 g/mol. The van der Waals surface area contributed by atoms with E-state index in [0.717, 1.165) is 0 Å². The maximum Gasteiger partial charge on any atom is 0.228 e. The van der Waals surface area contributed by atoms with Crippen LogP contribution in [0.15, 0.2) is 95.1 Å². The molecule has 0 radical (unpaired) electrons. The molecular formula is C31H29FN4O4S. The topological polar surface area (TPSA) is 103 Å². The molecule has 3 aromatic carbocycles. The smallest absolute Gasteiger partial charge is 0.228 e. The van der Waals surface area contributed by atoms with Crippen molar-refractivity contribution in [3.8, 4) is 11.5 Å². The normalized spacial score (nSPS) is 11.9. The summed E-state index contributed by atoms with van der Waals surface area (Å²) in [5.74, 6) is -0.725. The van der Waals surface area contributed by atoms with Crippen LogP contribution in [-0.2, 0) is 26.6 Å². The average molecular weight is 573 g/mol. The zero-order chi connectivity index (χ0) is 29.4. The SMILES string of the molecule is Cc1cc(CC(=O)Nc2cnn(C(C)(C)C)c2)cc(F)c1Oc1ccnc2ccc(S(=O)(=O)c3ccccc3)cc12. The zero-order valence-electron chi connectivity index (χ0n) is 23.1.